The van der Waals surface area contributed by atoms with Crippen LogP contribution in [-0.2, 0) is 4.74 Å². The van der Waals surface area contributed by atoms with Crippen molar-refractivity contribution >= 4 is 11.7 Å². The summed E-state index contributed by atoms with van der Waals surface area (Å²) in [7, 11) is 6.46. The van der Waals surface area contributed by atoms with Crippen LogP contribution in [0.25, 0.3) is 0 Å². The van der Waals surface area contributed by atoms with Crippen LogP contribution in [0.4, 0.5) is 10.5 Å². The second-order valence-electron chi connectivity index (χ2n) is 8.69. The van der Waals surface area contributed by atoms with E-state index in [9.17, 15) is 4.79 Å². The van der Waals surface area contributed by atoms with Gasteiger partial charge in [-0.2, -0.15) is 0 Å². The van der Waals surface area contributed by atoms with Gasteiger partial charge in [0, 0.05) is 25.8 Å². The van der Waals surface area contributed by atoms with Crippen molar-refractivity contribution in [1.82, 2.24) is 5.32 Å². The predicted octanol–water partition coefficient (Wildman–Crippen LogP) is 3.68. The van der Waals surface area contributed by atoms with Crippen molar-refractivity contribution < 1.29 is 23.7 Å². The van der Waals surface area contributed by atoms with Crippen molar-refractivity contribution in [3.8, 4) is 17.2 Å². The first kappa shape index (κ1) is 20.1. The molecule has 0 saturated heterocycles. The largest absolute Gasteiger partial charge is 0.493 e. The maximum Gasteiger partial charge on any atom is 0.319 e. The third-order valence-electron chi connectivity index (χ3n) is 7.35. The minimum Gasteiger partial charge on any atom is -0.493 e. The molecule has 29 heavy (non-hydrogen) atoms. The summed E-state index contributed by atoms with van der Waals surface area (Å²) in [4.78, 5) is 12.7. The Morgan fingerprint density at radius 2 is 1.48 bits per heavy atom. The molecule has 0 unspecified atom stereocenters. The van der Waals surface area contributed by atoms with Crippen molar-refractivity contribution in [2.24, 2.45) is 23.7 Å². The lowest BCUT2D eigenvalue weighted by molar-refractivity contribution is -0.186. The van der Waals surface area contributed by atoms with Gasteiger partial charge in [0.15, 0.2) is 11.5 Å². The van der Waals surface area contributed by atoms with Crippen molar-refractivity contribution in [2.45, 2.75) is 37.7 Å². The zero-order valence-corrected chi connectivity index (χ0v) is 17.7. The summed E-state index contributed by atoms with van der Waals surface area (Å²) in [5.74, 6) is 4.29. The highest BCUT2D eigenvalue weighted by Crippen LogP contribution is 2.59. The molecule has 2 amide bonds. The third-order valence-corrected chi connectivity index (χ3v) is 7.35. The van der Waals surface area contributed by atoms with E-state index >= 15 is 0 Å². The molecule has 1 aromatic carbocycles. The highest BCUT2D eigenvalue weighted by Gasteiger charge is 2.57. The van der Waals surface area contributed by atoms with Gasteiger partial charge in [-0.1, -0.05) is 0 Å². The Labute approximate surface area is 172 Å². The van der Waals surface area contributed by atoms with Crippen LogP contribution in [0.15, 0.2) is 12.1 Å². The Kier molecular flexibility index (Phi) is 5.51. The second-order valence-corrected chi connectivity index (χ2v) is 8.69. The van der Waals surface area contributed by atoms with E-state index in [4.69, 9.17) is 18.9 Å². The number of carbonyl (C=O) groups excluding carboxylic acids is 1. The molecule has 0 atom stereocenters. The van der Waals surface area contributed by atoms with Crippen LogP contribution in [0.2, 0.25) is 0 Å². The fourth-order valence-corrected chi connectivity index (χ4v) is 6.22. The molecular weight excluding hydrogens is 372 g/mol. The Bertz CT molecular complexity index is 713. The summed E-state index contributed by atoms with van der Waals surface area (Å²) in [6, 6.07) is 3.18. The minimum atomic E-state index is -0.260. The van der Waals surface area contributed by atoms with Gasteiger partial charge < -0.3 is 29.6 Å². The molecule has 4 aliphatic carbocycles. The normalized spacial score (nSPS) is 32.0. The van der Waals surface area contributed by atoms with Gasteiger partial charge in [-0.05, 0) is 55.8 Å². The van der Waals surface area contributed by atoms with Crippen molar-refractivity contribution in [3.05, 3.63) is 12.1 Å². The number of hydrogen-bond donors (Lipinski definition) is 2. The van der Waals surface area contributed by atoms with E-state index in [1.807, 2.05) is 0 Å². The Hall–Kier alpha value is -2.15. The first-order valence-corrected chi connectivity index (χ1v) is 10.4. The molecule has 4 bridgehead atoms. The van der Waals surface area contributed by atoms with E-state index in [2.05, 4.69) is 10.6 Å². The maximum absolute atomic E-state index is 12.7. The van der Waals surface area contributed by atoms with Crippen molar-refractivity contribution in [2.75, 3.05) is 40.3 Å². The smallest absolute Gasteiger partial charge is 0.319 e. The summed E-state index contributed by atoms with van der Waals surface area (Å²) in [6.45, 7) is 0.536. The average Bonchev–Trinajstić information content (AvgIpc) is 2.72. The summed E-state index contributed by atoms with van der Waals surface area (Å²) in [5.41, 5.74) is 0.341. The first-order valence-electron chi connectivity index (χ1n) is 10.4. The number of rotatable bonds is 7. The van der Waals surface area contributed by atoms with Crippen LogP contribution in [0, 0.1) is 23.7 Å². The minimum absolute atomic E-state index is 0.236. The molecule has 0 radical (unpaired) electrons. The molecule has 7 nitrogen and oxygen atoms in total. The van der Waals surface area contributed by atoms with Crippen LogP contribution in [0.3, 0.4) is 0 Å². The summed E-state index contributed by atoms with van der Waals surface area (Å²) in [5, 5.41) is 5.95. The fraction of sp³-hybridized carbons (Fsp3) is 0.682. The number of ether oxygens (including phenoxy) is 4. The lowest BCUT2D eigenvalue weighted by Gasteiger charge is -2.60. The number of amides is 2. The van der Waals surface area contributed by atoms with Gasteiger partial charge in [-0.15, -0.1) is 0 Å². The quantitative estimate of drug-likeness (QED) is 0.725. The molecule has 160 valence electrons. The van der Waals surface area contributed by atoms with Gasteiger partial charge in [0.25, 0.3) is 0 Å². The fourth-order valence-electron chi connectivity index (χ4n) is 6.22. The van der Waals surface area contributed by atoms with Gasteiger partial charge in [0.1, 0.15) is 0 Å². The van der Waals surface area contributed by atoms with Crippen molar-refractivity contribution in [1.29, 1.82) is 0 Å². The van der Waals surface area contributed by atoms with Crippen LogP contribution in [-0.4, -0.2) is 46.6 Å². The van der Waals surface area contributed by atoms with E-state index in [0.29, 0.717) is 41.3 Å². The topological polar surface area (TPSA) is 78.1 Å². The monoisotopic (exact) mass is 404 g/mol. The zero-order chi connectivity index (χ0) is 20.6. The lowest BCUT2D eigenvalue weighted by Crippen LogP contribution is -2.63. The average molecular weight is 405 g/mol. The molecule has 5 rings (SSSR count). The summed E-state index contributed by atoms with van der Waals surface area (Å²) in [6.07, 6.45) is 6.32. The lowest BCUT2D eigenvalue weighted by atomic mass is 9.49. The number of anilines is 1. The van der Waals surface area contributed by atoms with Crippen LogP contribution >= 0.6 is 0 Å². The Morgan fingerprint density at radius 3 is 1.93 bits per heavy atom. The Balaban J connectivity index is 1.44. The molecular formula is C22H32N2O5. The zero-order valence-electron chi connectivity index (χ0n) is 17.7. The molecule has 0 aliphatic heterocycles. The molecule has 4 aliphatic rings. The van der Waals surface area contributed by atoms with E-state index in [1.54, 1.807) is 40.6 Å². The molecule has 0 heterocycles. The van der Waals surface area contributed by atoms with Gasteiger partial charge in [0.2, 0.25) is 5.75 Å². The van der Waals surface area contributed by atoms with Gasteiger partial charge >= 0.3 is 6.03 Å². The third kappa shape index (κ3) is 3.50. The molecule has 4 saturated carbocycles. The van der Waals surface area contributed by atoms with Gasteiger partial charge in [-0.25, -0.2) is 4.79 Å². The highest BCUT2D eigenvalue weighted by molar-refractivity contribution is 5.90. The van der Waals surface area contributed by atoms with Crippen LogP contribution < -0.4 is 24.8 Å². The highest BCUT2D eigenvalue weighted by atomic mass is 16.5. The molecule has 0 aromatic heterocycles. The molecule has 7 heteroatoms. The first-order chi connectivity index (χ1) is 14.0. The standard InChI is InChI=1S/C22H32N2O5/c1-26-18-10-17(11-19(27-2)20(18)28-3)24-21(25)23-12-22(29-4)15-6-13-5-14(8-15)9-16(22)7-13/h10-11,13-16H,5-9,12H2,1-4H3,(H2,23,24,25). The van der Waals surface area contributed by atoms with E-state index in [-0.39, 0.29) is 11.6 Å². The Morgan fingerprint density at radius 1 is 0.931 bits per heavy atom. The number of methoxy groups -OCH3 is 4. The number of hydrogen-bond acceptors (Lipinski definition) is 5. The van der Waals surface area contributed by atoms with Gasteiger partial charge in [0.05, 0.1) is 32.6 Å². The number of benzene rings is 1. The number of urea groups is 1. The molecule has 1 aromatic rings. The summed E-state index contributed by atoms with van der Waals surface area (Å²) < 4.78 is 22.2. The number of nitrogens with one attached hydrogen (secondary N) is 2. The van der Waals surface area contributed by atoms with E-state index in [1.165, 1.54) is 32.1 Å². The maximum atomic E-state index is 12.7. The van der Waals surface area contributed by atoms with E-state index in [0.717, 1.165) is 11.8 Å². The molecule has 2 N–H and O–H groups in total. The van der Waals surface area contributed by atoms with Crippen LogP contribution in [0.5, 0.6) is 17.2 Å². The van der Waals surface area contributed by atoms with Gasteiger partial charge in [-0.3, -0.25) is 0 Å². The second kappa shape index (κ2) is 7.94. The molecule has 0 spiro atoms. The predicted molar refractivity (Wildman–Crippen MR) is 110 cm³/mol. The van der Waals surface area contributed by atoms with E-state index < -0.39 is 0 Å². The van der Waals surface area contributed by atoms with Crippen molar-refractivity contribution in [3.63, 3.8) is 0 Å². The number of carbonyl (C=O) groups is 1. The van der Waals surface area contributed by atoms with Crippen LogP contribution in [0.1, 0.15) is 32.1 Å². The SMILES string of the molecule is COc1cc(NC(=O)NCC2(OC)C3CC4CC(C3)CC2C4)cc(OC)c1OC. The summed E-state index contributed by atoms with van der Waals surface area (Å²) >= 11 is 0. The molecule has 4 fully saturated rings.